The van der Waals surface area contributed by atoms with Crippen molar-refractivity contribution < 1.29 is 14.3 Å². The summed E-state index contributed by atoms with van der Waals surface area (Å²) in [4.78, 5) is 14.8. The molecule has 1 aliphatic heterocycles. The SMILES string of the molecule is COc1cc(NC(=O)NCC2CCN(Cc3cc(C)ccc3C)CC2)cc(OC)c1. The molecular formula is C24H33N3O3. The summed E-state index contributed by atoms with van der Waals surface area (Å²) >= 11 is 0. The highest BCUT2D eigenvalue weighted by molar-refractivity contribution is 5.89. The Morgan fingerprint density at radius 1 is 1.03 bits per heavy atom. The normalized spacial score (nSPS) is 14.9. The lowest BCUT2D eigenvalue weighted by molar-refractivity contribution is 0.175. The lowest BCUT2D eigenvalue weighted by atomic mass is 9.96. The Labute approximate surface area is 179 Å². The van der Waals surface area contributed by atoms with Gasteiger partial charge < -0.3 is 20.1 Å². The summed E-state index contributed by atoms with van der Waals surface area (Å²) in [6, 6.07) is 11.8. The Morgan fingerprint density at radius 2 is 1.70 bits per heavy atom. The number of likely N-dealkylation sites (tertiary alicyclic amines) is 1. The second kappa shape index (κ2) is 10.3. The topological polar surface area (TPSA) is 62.8 Å². The van der Waals surface area contributed by atoms with Crippen LogP contribution in [0.4, 0.5) is 10.5 Å². The molecule has 162 valence electrons. The van der Waals surface area contributed by atoms with Gasteiger partial charge in [-0.1, -0.05) is 23.8 Å². The van der Waals surface area contributed by atoms with Crippen LogP contribution in [-0.4, -0.2) is 44.8 Å². The molecule has 6 nitrogen and oxygen atoms in total. The minimum atomic E-state index is -0.205. The summed E-state index contributed by atoms with van der Waals surface area (Å²) < 4.78 is 10.5. The third kappa shape index (κ3) is 6.13. The molecule has 2 N–H and O–H groups in total. The largest absolute Gasteiger partial charge is 0.497 e. The maximum atomic E-state index is 12.3. The number of benzene rings is 2. The number of carbonyl (C=O) groups excluding carboxylic acids is 1. The molecule has 0 bridgehead atoms. The molecule has 6 heteroatoms. The molecule has 1 fully saturated rings. The zero-order chi connectivity index (χ0) is 21.5. The Balaban J connectivity index is 1.43. The fourth-order valence-corrected chi connectivity index (χ4v) is 3.85. The quantitative estimate of drug-likeness (QED) is 0.711. The van der Waals surface area contributed by atoms with Crippen molar-refractivity contribution >= 4 is 11.7 Å². The Morgan fingerprint density at radius 3 is 2.33 bits per heavy atom. The fraction of sp³-hybridized carbons (Fsp3) is 0.458. The third-order valence-corrected chi connectivity index (χ3v) is 5.77. The van der Waals surface area contributed by atoms with E-state index in [2.05, 4.69) is 47.6 Å². The summed E-state index contributed by atoms with van der Waals surface area (Å²) in [5, 5.41) is 5.87. The number of ether oxygens (including phenoxy) is 2. The first-order chi connectivity index (χ1) is 14.5. The van der Waals surface area contributed by atoms with Crippen molar-refractivity contribution in [1.29, 1.82) is 0 Å². The summed E-state index contributed by atoms with van der Waals surface area (Å²) in [6.07, 6.45) is 2.19. The number of nitrogens with zero attached hydrogens (tertiary/aromatic N) is 1. The van der Waals surface area contributed by atoms with Crippen LogP contribution in [0.2, 0.25) is 0 Å². The van der Waals surface area contributed by atoms with Crippen LogP contribution in [0.1, 0.15) is 29.5 Å². The summed E-state index contributed by atoms with van der Waals surface area (Å²) in [6.45, 7) is 8.15. The van der Waals surface area contributed by atoms with Gasteiger partial charge >= 0.3 is 6.03 Å². The molecule has 3 rings (SSSR count). The Kier molecular flexibility index (Phi) is 7.57. The third-order valence-electron chi connectivity index (χ3n) is 5.77. The maximum absolute atomic E-state index is 12.3. The zero-order valence-electron chi connectivity index (χ0n) is 18.5. The molecule has 2 aromatic carbocycles. The van der Waals surface area contributed by atoms with Crippen molar-refractivity contribution in [3.63, 3.8) is 0 Å². The van der Waals surface area contributed by atoms with Crippen LogP contribution in [0.15, 0.2) is 36.4 Å². The van der Waals surface area contributed by atoms with Crippen LogP contribution in [0.25, 0.3) is 0 Å². The minimum absolute atomic E-state index is 0.205. The number of piperidine rings is 1. The number of carbonyl (C=O) groups is 1. The van der Waals surface area contributed by atoms with Crippen LogP contribution >= 0.6 is 0 Å². The number of nitrogens with one attached hydrogen (secondary N) is 2. The van der Waals surface area contributed by atoms with Crippen LogP contribution in [0.5, 0.6) is 11.5 Å². The average molecular weight is 412 g/mol. The van der Waals surface area contributed by atoms with Crippen molar-refractivity contribution in [2.24, 2.45) is 5.92 Å². The van der Waals surface area contributed by atoms with E-state index in [9.17, 15) is 4.79 Å². The molecule has 1 saturated heterocycles. The van der Waals surface area contributed by atoms with E-state index in [-0.39, 0.29) is 6.03 Å². The number of rotatable bonds is 7. The number of methoxy groups -OCH3 is 2. The Bertz CT molecular complexity index is 839. The summed E-state index contributed by atoms with van der Waals surface area (Å²) in [5.74, 6) is 1.78. The van der Waals surface area contributed by atoms with Gasteiger partial charge in [0.25, 0.3) is 0 Å². The predicted molar refractivity (Wildman–Crippen MR) is 120 cm³/mol. The van der Waals surface area contributed by atoms with Crippen molar-refractivity contribution in [2.75, 3.05) is 39.2 Å². The van der Waals surface area contributed by atoms with Gasteiger partial charge in [-0.3, -0.25) is 4.90 Å². The first-order valence-electron chi connectivity index (χ1n) is 10.5. The lowest BCUT2D eigenvalue weighted by Gasteiger charge is -2.32. The minimum Gasteiger partial charge on any atom is -0.497 e. The molecule has 0 spiro atoms. The number of amides is 2. The molecule has 0 atom stereocenters. The van der Waals surface area contributed by atoms with E-state index < -0.39 is 0 Å². The predicted octanol–water partition coefficient (Wildman–Crippen LogP) is 4.35. The fourth-order valence-electron chi connectivity index (χ4n) is 3.85. The molecule has 30 heavy (non-hydrogen) atoms. The highest BCUT2D eigenvalue weighted by atomic mass is 16.5. The van der Waals surface area contributed by atoms with E-state index >= 15 is 0 Å². The summed E-state index contributed by atoms with van der Waals surface area (Å²) in [7, 11) is 3.18. The standard InChI is InChI=1S/C24H33N3O3/c1-17-5-6-18(2)20(11-17)16-27-9-7-19(8-10-27)15-25-24(28)26-21-12-22(29-3)14-23(13-21)30-4/h5-6,11-14,19H,7-10,15-16H2,1-4H3,(H2,25,26,28). The number of hydrogen-bond donors (Lipinski definition) is 2. The molecule has 0 aromatic heterocycles. The van der Waals surface area contributed by atoms with Gasteiger partial charge in [-0.15, -0.1) is 0 Å². The monoisotopic (exact) mass is 411 g/mol. The van der Waals surface area contributed by atoms with Gasteiger partial charge in [-0.2, -0.15) is 0 Å². The number of anilines is 1. The van der Waals surface area contributed by atoms with Gasteiger partial charge in [0, 0.05) is 37.0 Å². The van der Waals surface area contributed by atoms with E-state index in [1.807, 2.05) is 0 Å². The maximum Gasteiger partial charge on any atom is 0.319 e. The van der Waals surface area contributed by atoms with Gasteiger partial charge in [-0.25, -0.2) is 4.79 Å². The van der Waals surface area contributed by atoms with Gasteiger partial charge in [-0.05, 0) is 56.8 Å². The zero-order valence-corrected chi connectivity index (χ0v) is 18.5. The number of hydrogen-bond acceptors (Lipinski definition) is 4. The average Bonchev–Trinajstić information content (AvgIpc) is 2.75. The van der Waals surface area contributed by atoms with E-state index in [0.29, 0.717) is 29.6 Å². The van der Waals surface area contributed by atoms with E-state index in [0.717, 1.165) is 32.5 Å². The Hall–Kier alpha value is -2.73. The molecule has 1 aliphatic rings. The van der Waals surface area contributed by atoms with Crippen LogP contribution in [0.3, 0.4) is 0 Å². The van der Waals surface area contributed by atoms with E-state index in [1.165, 1.54) is 16.7 Å². The van der Waals surface area contributed by atoms with E-state index in [4.69, 9.17) is 9.47 Å². The summed E-state index contributed by atoms with van der Waals surface area (Å²) in [5.41, 5.74) is 4.73. The number of aryl methyl sites for hydroxylation is 2. The second-order valence-electron chi connectivity index (χ2n) is 8.09. The molecule has 2 amide bonds. The number of urea groups is 1. The van der Waals surface area contributed by atoms with Crippen molar-refractivity contribution in [1.82, 2.24) is 10.2 Å². The first-order valence-corrected chi connectivity index (χ1v) is 10.5. The van der Waals surface area contributed by atoms with E-state index in [1.54, 1.807) is 32.4 Å². The van der Waals surface area contributed by atoms with Crippen molar-refractivity contribution in [3.8, 4) is 11.5 Å². The first kappa shape index (κ1) is 22.0. The molecular weight excluding hydrogens is 378 g/mol. The van der Waals surface area contributed by atoms with Gasteiger partial charge in [0.15, 0.2) is 0 Å². The lowest BCUT2D eigenvalue weighted by Crippen LogP contribution is -2.39. The van der Waals surface area contributed by atoms with Crippen LogP contribution in [0, 0.1) is 19.8 Å². The molecule has 1 heterocycles. The van der Waals surface area contributed by atoms with Crippen molar-refractivity contribution in [3.05, 3.63) is 53.1 Å². The van der Waals surface area contributed by atoms with Gasteiger partial charge in [0.1, 0.15) is 11.5 Å². The van der Waals surface area contributed by atoms with Gasteiger partial charge in [0.05, 0.1) is 14.2 Å². The second-order valence-corrected chi connectivity index (χ2v) is 8.09. The molecule has 0 saturated carbocycles. The molecule has 0 aliphatic carbocycles. The molecule has 2 aromatic rings. The van der Waals surface area contributed by atoms with Crippen LogP contribution < -0.4 is 20.1 Å². The highest BCUT2D eigenvalue weighted by Gasteiger charge is 2.20. The van der Waals surface area contributed by atoms with Crippen LogP contribution in [-0.2, 0) is 6.54 Å². The molecule has 0 unspecified atom stereocenters. The highest BCUT2D eigenvalue weighted by Crippen LogP contribution is 2.26. The molecule has 0 radical (unpaired) electrons. The van der Waals surface area contributed by atoms with Gasteiger partial charge in [0.2, 0.25) is 0 Å². The smallest absolute Gasteiger partial charge is 0.319 e. The van der Waals surface area contributed by atoms with Crippen molar-refractivity contribution in [2.45, 2.75) is 33.2 Å².